The Morgan fingerprint density at radius 1 is 0.778 bits per heavy atom. The van der Waals surface area contributed by atoms with Gasteiger partial charge in [-0.1, -0.05) is 0 Å². The normalized spacial score (nSPS) is 12.9. The maximum Gasteiger partial charge on any atom is 2.00 e. The Morgan fingerprint density at radius 2 is 1.15 bits per heavy atom. The minimum Gasteiger partial charge on any atom is -0.752 e. The van der Waals surface area contributed by atoms with Gasteiger partial charge >= 0.3 is 23.9 Å². The Labute approximate surface area is 195 Å². The summed E-state index contributed by atoms with van der Waals surface area (Å²) < 4.78 is 11.3. The van der Waals surface area contributed by atoms with Crippen LogP contribution in [-0.2, 0) is 25.3 Å². The molecule has 2 aromatic rings. The predicted molar refractivity (Wildman–Crippen MR) is 124 cm³/mol. The molecule has 0 aromatic carbocycles. The molecule has 0 unspecified atom stereocenters. The molecule has 0 aliphatic rings. The molecule has 2 rings (SSSR count). The van der Waals surface area contributed by atoms with Gasteiger partial charge in [0, 0.05) is 0 Å². The molecule has 2 radical (unpaired) electrons. The zero-order chi connectivity index (χ0) is 19.4. The molecule has 6 nitrogen and oxygen atoms in total. The van der Waals surface area contributed by atoms with Crippen molar-refractivity contribution in [2.24, 2.45) is 20.4 Å². The van der Waals surface area contributed by atoms with Crippen LogP contribution in [0.1, 0.15) is 25.4 Å². The van der Waals surface area contributed by atoms with Crippen LogP contribution < -0.4 is 0 Å². The zero-order valence-corrected chi connectivity index (χ0v) is 21.3. The van der Waals surface area contributed by atoms with Crippen molar-refractivity contribution in [2.75, 3.05) is 12.5 Å². The van der Waals surface area contributed by atoms with E-state index < -0.39 is 0 Å². The van der Waals surface area contributed by atoms with Crippen LogP contribution in [0.4, 0.5) is 0 Å². The smallest absolute Gasteiger partial charge is 0.752 e. The van der Waals surface area contributed by atoms with Crippen molar-refractivity contribution in [2.45, 2.75) is 13.8 Å². The minimum absolute atomic E-state index is 0. The van der Waals surface area contributed by atoms with E-state index >= 15 is 0 Å². The van der Waals surface area contributed by atoms with Gasteiger partial charge in [-0.05, 0) is 59.4 Å². The first kappa shape index (κ1) is 26.2. The van der Waals surface area contributed by atoms with Crippen LogP contribution >= 0.6 is 23.5 Å². The van der Waals surface area contributed by atoms with Crippen LogP contribution in [0, 0.1) is 0 Å². The van der Waals surface area contributed by atoms with Gasteiger partial charge in [-0.3, -0.25) is 0 Å². The average molecular weight is 545 g/mol. The first-order chi connectivity index (χ1) is 12.5. The molecule has 27 heavy (non-hydrogen) atoms. The molecule has 2 heterocycles. The van der Waals surface area contributed by atoms with Gasteiger partial charge in [-0.15, -0.1) is 23.5 Å². The molecule has 0 spiro atoms. The average Bonchev–Trinajstić information content (AvgIpc) is 3.37. The third kappa shape index (κ3) is 10.9. The van der Waals surface area contributed by atoms with Gasteiger partial charge in [0.15, 0.2) is 0 Å². The van der Waals surface area contributed by atoms with Crippen molar-refractivity contribution in [3.05, 3.63) is 48.3 Å². The van der Waals surface area contributed by atoms with Gasteiger partial charge in [0.25, 0.3) is 0 Å². The van der Waals surface area contributed by atoms with E-state index in [1.165, 1.54) is 23.5 Å². The van der Waals surface area contributed by atoms with Gasteiger partial charge in [0.05, 0.1) is 12.5 Å². The molecule has 0 N–H and O–H groups in total. The third-order valence-electron chi connectivity index (χ3n) is 2.67. The molecular weight excluding hydrogens is 527 g/mol. The Balaban J connectivity index is 0.000000483. The molecule has 0 aliphatic carbocycles. The Morgan fingerprint density at radius 3 is 1.41 bits per heavy atom. The topological polar surface area (TPSA) is 75.7 Å². The van der Waals surface area contributed by atoms with Crippen LogP contribution in [0.5, 0.6) is 0 Å². The van der Waals surface area contributed by atoms with E-state index in [-0.39, 0.29) is 23.9 Å². The molecule has 2 aromatic heterocycles. The summed E-state index contributed by atoms with van der Waals surface area (Å²) in [6.45, 7) is 3.65. The summed E-state index contributed by atoms with van der Waals surface area (Å²) in [5, 5.41) is 15.5. The summed E-state index contributed by atoms with van der Waals surface area (Å²) in [7, 11) is 0. The maximum absolute atomic E-state index is 5.12. The van der Waals surface area contributed by atoms with Gasteiger partial charge in [-0.2, -0.15) is 20.4 Å². The Kier molecular flexibility index (Phi) is 14.7. The number of rotatable bonds is 4. The third-order valence-corrected chi connectivity index (χ3v) is 4.69. The fourth-order valence-electron chi connectivity index (χ4n) is 1.38. The van der Waals surface area contributed by atoms with Crippen molar-refractivity contribution >= 4 is 92.9 Å². The van der Waals surface area contributed by atoms with Crippen molar-refractivity contribution in [3.63, 3.8) is 0 Å². The standard InChI is InChI=1S/2C8H10N2OS2.Sn/c2*1-6(7-4-3-5-11-7)9-10-8(12)13-2;/h2*3-5H,1-2H3,(H,10,12);/q;;+2/p-2/b2*9-6+;. The summed E-state index contributed by atoms with van der Waals surface area (Å²) in [4.78, 5) is 0. The second-order valence-corrected chi connectivity index (χ2v) is 7.35. The largest absolute Gasteiger partial charge is 2.00 e. The second kappa shape index (κ2) is 15.1. The van der Waals surface area contributed by atoms with E-state index in [0.29, 0.717) is 20.3 Å². The van der Waals surface area contributed by atoms with E-state index in [9.17, 15) is 0 Å². The first-order valence-corrected chi connectivity index (χ1v) is 10.5. The van der Waals surface area contributed by atoms with E-state index in [4.69, 9.17) is 34.1 Å². The number of hydrogen-bond acceptors (Lipinski definition) is 10. The summed E-state index contributed by atoms with van der Waals surface area (Å²) in [6.07, 6.45) is 6.93. The van der Waals surface area contributed by atoms with Crippen molar-refractivity contribution in [3.8, 4) is 0 Å². The molecule has 0 amide bonds. The molecule has 142 valence electrons. The van der Waals surface area contributed by atoms with E-state index in [2.05, 4.69) is 20.4 Å². The molecule has 0 saturated carbocycles. The summed E-state index contributed by atoms with van der Waals surface area (Å²) in [5.41, 5.74) is 1.45. The monoisotopic (exact) mass is 546 g/mol. The molecule has 0 atom stereocenters. The van der Waals surface area contributed by atoms with Crippen molar-refractivity contribution in [1.29, 1.82) is 0 Å². The minimum atomic E-state index is 0. The SMILES string of the molecule is CS/C([S-])=N/N=C(\C)c1ccco1.CS/C([S-])=N/N=C(\C)c1ccco1.[Sn+2]. The maximum atomic E-state index is 5.12. The quantitative estimate of drug-likeness (QED) is 0.189. The van der Waals surface area contributed by atoms with E-state index in [1.54, 1.807) is 24.7 Å². The fourth-order valence-corrected chi connectivity index (χ4v) is 1.71. The first-order valence-electron chi connectivity index (χ1n) is 7.22. The van der Waals surface area contributed by atoms with Gasteiger partial charge in [0.2, 0.25) is 0 Å². The van der Waals surface area contributed by atoms with E-state index in [1.807, 2.05) is 38.5 Å². The Hall–Kier alpha value is -0.821. The molecule has 0 aliphatic heterocycles. The van der Waals surface area contributed by atoms with E-state index in [0.717, 1.165) is 11.4 Å². The van der Waals surface area contributed by atoms with Gasteiger partial charge in [-0.25, -0.2) is 0 Å². The van der Waals surface area contributed by atoms with Gasteiger partial charge in [0.1, 0.15) is 22.9 Å². The molecule has 0 saturated heterocycles. The van der Waals surface area contributed by atoms with Crippen LogP contribution in [0.2, 0.25) is 0 Å². The molecule has 11 heteroatoms. The Bertz CT molecular complexity index is 706. The second-order valence-electron chi connectivity index (χ2n) is 4.47. The van der Waals surface area contributed by atoms with Gasteiger partial charge < -0.3 is 34.1 Å². The van der Waals surface area contributed by atoms with Crippen LogP contribution in [0.15, 0.2) is 66.0 Å². The van der Waals surface area contributed by atoms with Crippen molar-refractivity contribution < 1.29 is 8.83 Å². The molecule has 0 fully saturated rings. The number of thioether (sulfide) groups is 2. The number of nitrogens with zero attached hydrogens (tertiary/aromatic N) is 4. The van der Waals surface area contributed by atoms with Crippen molar-refractivity contribution in [1.82, 2.24) is 0 Å². The van der Waals surface area contributed by atoms with Crippen LogP contribution in [0.25, 0.3) is 0 Å². The number of furan rings is 2. The zero-order valence-electron chi connectivity index (χ0n) is 15.2. The molecule has 0 bridgehead atoms. The summed E-state index contributed by atoms with van der Waals surface area (Å²) in [5.74, 6) is 1.43. The van der Waals surface area contributed by atoms with Crippen LogP contribution in [-0.4, -0.2) is 56.6 Å². The fraction of sp³-hybridized carbons (Fsp3) is 0.250. The number of hydrogen-bond donors (Lipinski definition) is 0. The molecular formula is C16H18N4O2S4Sn. The summed E-state index contributed by atoms with van der Waals surface area (Å²) >= 11 is 12.5. The summed E-state index contributed by atoms with van der Waals surface area (Å²) in [6, 6.07) is 7.27. The predicted octanol–water partition coefficient (Wildman–Crippen LogP) is 4.16. The van der Waals surface area contributed by atoms with Crippen LogP contribution in [0.3, 0.4) is 0 Å².